The highest BCUT2D eigenvalue weighted by Crippen LogP contribution is 2.50. The smallest absolute Gasteiger partial charge is 0.251 e. The number of alkyl halides is 2. The molecular weight excluding hydrogens is 226 g/mol. The van der Waals surface area contributed by atoms with E-state index in [0.717, 1.165) is 12.4 Å². The zero-order chi connectivity index (χ0) is 12.5. The van der Waals surface area contributed by atoms with Crippen LogP contribution in [0.2, 0.25) is 0 Å². The third-order valence-electron chi connectivity index (χ3n) is 3.26. The van der Waals surface area contributed by atoms with Crippen LogP contribution in [-0.4, -0.2) is 39.2 Å². The lowest BCUT2D eigenvalue weighted by atomic mass is 10.2. The van der Waals surface area contributed by atoms with E-state index in [-0.39, 0.29) is 6.42 Å². The van der Waals surface area contributed by atoms with Gasteiger partial charge in [0.1, 0.15) is 12.2 Å². The fraction of sp³-hybridized carbons (Fsp3) is 0.818. The SMILES string of the molecule is CCn1cnnc1CN(C)CC[C@@H]1CC1(F)F. The highest BCUT2D eigenvalue weighted by atomic mass is 19.3. The summed E-state index contributed by atoms with van der Waals surface area (Å²) in [4.78, 5) is 2.02. The van der Waals surface area contributed by atoms with Crippen LogP contribution in [-0.2, 0) is 13.1 Å². The average molecular weight is 244 g/mol. The molecule has 1 aromatic rings. The summed E-state index contributed by atoms with van der Waals surface area (Å²) in [5, 5.41) is 7.86. The first-order valence-electron chi connectivity index (χ1n) is 5.96. The Morgan fingerprint density at radius 2 is 2.29 bits per heavy atom. The van der Waals surface area contributed by atoms with Crippen molar-refractivity contribution in [1.82, 2.24) is 19.7 Å². The predicted octanol–water partition coefficient (Wildman–Crippen LogP) is 1.78. The number of hydrogen-bond acceptors (Lipinski definition) is 3. The lowest BCUT2D eigenvalue weighted by Crippen LogP contribution is -2.22. The van der Waals surface area contributed by atoms with E-state index in [9.17, 15) is 8.78 Å². The van der Waals surface area contributed by atoms with Crippen molar-refractivity contribution in [1.29, 1.82) is 0 Å². The zero-order valence-corrected chi connectivity index (χ0v) is 10.2. The fourth-order valence-electron chi connectivity index (χ4n) is 1.95. The van der Waals surface area contributed by atoms with Crippen molar-refractivity contribution < 1.29 is 8.78 Å². The Morgan fingerprint density at radius 1 is 1.59 bits per heavy atom. The summed E-state index contributed by atoms with van der Waals surface area (Å²) in [5.74, 6) is -1.92. The molecule has 4 nitrogen and oxygen atoms in total. The molecule has 0 aliphatic heterocycles. The van der Waals surface area contributed by atoms with E-state index in [2.05, 4.69) is 10.2 Å². The molecule has 1 heterocycles. The van der Waals surface area contributed by atoms with E-state index in [1.54, 1.807) is 6.33 Å². The third-order valence-corrected chi connectivity index (χ3v) is 3.26. The van der Waals surface area contributed by atoms with Crippen molar-refractivity contribution in [2.45, 2.75) is 38.8 Å². The maximum Gasteiger partial charge on any atom is 0.251 e. The molecule has 0 unspecified atom stereocenters. The normalized spacial score (nSPS) is 22.1. The van der Waals surface area contributed by atoms with E-state index in [4.69, 9.17) is 0 Å². The Balaban J connectivity index is 1.76. The fourth-order valence-corrected chi connectivity index (χ4v) is 1.95. The summed E-state index contributed by atoms with van der Waals surface area (Å²) in [6, 6.07) is 0. The Bertz CT molecular complexity index is 377. The first kappa shape index (κ1) is 12.4. The molecule has 1 aromatic heterocycles. The van der Waals surface area contributed by atoms with Crippen molar-refractivity contribution in [3.8, 4) is 0 Å². The zero-order valence-electron chi connectivity index (χ0n) is 10.2. The Hall–Kier alpha value is -1.04. The van der Waals surface area contributed by atoms with Crippen molar-refractivity contribution in [2.75, 3.05) is 13.6 Å². The number of rotatable bonds is 6. The summed E-state index contributed by atoms with van der Waals surface area (Å²) >= 11 is 0. The molecular formula is C11H18F2N4. The second-order valence-electron chi connectivity index (χ2n) is 4.72. The second kappa shape index (κ2) is 4.68. The van der Waals surface area contributed by atoms with Gasteiger partial charge in [0, 0.05) is 18.9 Å². The number of halogens is 2. The van der Waals surface area contributed by atoms with Gasteiger partial charge in [-0.2, -0.15) is 0 Å². The summed E-state index contributed by atoms with van der Waals surface area (Å²) in [6.07, 6.45) is 2.31. The minimum Gasteiger partial charge on any atom is -0.317 e. The van der Waals surface area contributed by atoms with Gasteiger partial charge in [-0.3, -0.25) is 4.90 Å². The van der Waals surface area contributed by atoms with Gasteiger partial charge in [-0.25, -0.2) is 8.78 Å². The van der Waals surface area contributed by atoms with Crippen LogP contribution < -0.4 is 0 Å². The van der Waals surface area contributed by atoms with Gasteiger partial charge in [0.15, 0.2) is 0 Å². The molecule has 2 rings (SSSR count). The molecule has 0 bridgehead atoms. The van der Waals surface area contributed by atoms with Crippen molar-refractivity contribution in [3.63, 3.8) is 0 Å². The van der Waals surface area contributed by atoms with Crippen LogP contribution in [0.4, 0.5) is 8.78 Å². The van der Waals surface area contributed by atoms with Crippen LogP contribution in [0.15, 0.2) is 6.33 Å². The molecule has 1 atom stereocenters. The molecule has 1 aliphatic rings. The molecule has 0 spiro atoms. The summed E-state index contributed by atoms with van der Waals surface area (Å²) < 4.78 is 27.4. The van der Waals surface area contributed by atoms with Crippen LogP contribution in [0, 0.1) is 5.92 Å². The maximum absolute atomic E-state index is 12.7. The first-order valence-corrected chi connectivity index (χ1v) is 5.96. The summed E-state index contributed by atoms with van der Waals surface area (Å²) in [5.41, 5.74) is 0. The highest BCUT2D eigenvalue weighted by molar-refractivity contribution is 4.95. The highest BCUT2D eigenvalue weighted by Gasteiger charge is 2.55. The van der Waals surface area contributed by atoms with E-state index in [0.29, 0.717) is 19.5 Å². The van der Waals surface area contributed by atoms with E-state index < -0.39 is 11.8 Å². The molecule has 0 amide bonds. The lowest BCUT2D eigenvalue weighted by molar-refractivity contribution is 0.0943. The number of nitrogens with zero attached hydrogens (tertiary/aromatic N) is 4. The average Bonchev–Trinajstić information content (AvgIpc) is 2.70. The van der Waals surface area contributed by atoms with Gasteiger partial charge < -0.3 is 4.57 Å². The van der Waals surface area contributed by atoms with Gasteiger partial charge in [0.25, 0.3) is 5.92 Å². The second-order valence-corrected chi connectivity index (χ2v) is 4.72. The minimum absolute atomic E-state index is 0.0615. The quantitative estimate of drug-likeness (QED) is 0.765. The molecule has 0 aromatic carbocycles. The molecule has 96 valence electrons. The van der Waals surface area contributed by atoms with Crippen LogP contribution in [0.1, 0.15) is 25.6 Å². The lowest BCUT2D eigenvalue weighted by Gasteiger charge is -2.15. The minimum atomic E-state index is -2.40. The molecule has 1 fully saturated rings. The molecule has 1 saturated carbocycles. The Labute approximate surface area is 99.6 Å². The van der Waals surface area contributed by atoms with Crippen molar-refractivity contribution in [3.05, 3.63) is 12.2 Å². The van der Waals surface area contributed by atoms with Gasteiger partial charge in [0.05, 0.1) is 6.54 Å². The summed E-state index contributed by atoms with van der Waals surface area (Å²) in [7, 11) is 1.93. The van der Waals surface area contributed by atoms with Gasteiger partial charge in [-0.05, 0) is 26.9 Å². The Morgan fingerprint density at radius 3 is 2.88 bits per heavy atom. The van der Waals surface area contributed by atoms with Gasteiger partial charge in [0.2, 0.25) is 0 Å². The number of hydrogen-bond donors (Lipinski definition) is 0. The van der Waals surface area contributed by atoms with Crippen molar-refractivity contribution in [2.24, 2.45) is 5.92 Å². The topological polar surface area (TPSA) is 34.0 Å². The molecule has 17 heavy (non-hydrogen) atoms. The van der Waals surface area contributed by atoms with E-state index in [1.165, 1.54) is 0 Å². The molecule has 0 radical (unpaired) electrons. The largest absolute Gasteiger partial charge is 0.317 e. The molecule has 1 aliphatic carbocycles. The monoisotopic (exact) mass is 244 g/mol. The van der Waals surface area contributed by atoms with Crippen LogP contribution >= 0.6 is 0 Å². The van der Waals surface area contributed by atoms with Gasteiger partial charge in [-0.15, -0.1) is 10.2 Å². The van der Waals surface area contributed by atoms with Crippen LogP contribution in [0.3, 0.4) is 0 Å². The number of aryl methyl sites for hydroxylation is 1. The number of aromatic nitrogens is 3. The molecule has 0 N–H and O–H groups in total. The van der Waals surface area contributed by atoms with Gasteiger partial charge >= 0.3 is 0 Å². The van der Waals surface area contributed by atoms with Crippen LogP contribution in [0.5, 0.6) is 0 Å². The van der Waals surface area contributed by atoms with Crippen molar-refractivity contribution >= 4 is 0 Å². The first-order chi connectivity index (χ1) is 8.03. The predicted molar refractivity (Wildman–Crippen MR) is 59.7 cm³/mol. The van der Waals surface area contributed by atoms with E-state index >= 15 is 0 Å². The van der Waals surface area contributed by atoms with Crippen LogP contribution in [0.25, 0.3) is 0 Å². The third kappa shape index (κ3) is 3.00. The molecule has 0 saturated heterocycles. The standard InChI is InChI=1S/C11H18F2N4/c1-3-17-8-14-15-10(17)7-16(2)5-4-9-6-11(9,12)13/h8-9H,3-7H2,1-2H3/t9-/m1/s1. The maximum atomic E-state index is 12.7. The molecule has 6 heteroatoms. The van der Waals surface area contributed by atoms with Gasteiger partial charge in [-0.1, -0.05) is 0 Å². The summed E-state index contributed by atoms with van der Waals surface area (Å²) in [6.45, 7) is 4.19. The van der Waals surface area contributed by atoms with E-state index in [1.807, 2.05) is 23.4 Å². The Kier molecular flexibility index (Phi) is 3.42.